The van der Waals surface area contributed by atoms with Crippen LogP contribution < -0.4 is 0 Å². The van der Waals surface area contributed by atoms with Crippen LogP contribution in [0.5, 0.6) is 0 Å². The molecule has 18 heavy (non-hydrogen) atoms. The van der Waals surface area contributed by atoms with Gasteiger partial charge < -0.3 is 4.74 Å². The first-order valence-electron chi connectivity index (χ1n) is 5.83. The van der Waals surface area contributed by atoms with E-state index >= 15 is 0 Å². The number of rotatable bonds is 7. The van der Waals surface area contributed by atoms with E-state index in [0.717, 1.165) is 18.7 Å². The molecule has 1 rings (SSSR count). The first kappa shape index (κ1) is 14.2. The van der Waals surface area contributed by atoms with Gasteiger partial charge in [-0.1, -0.05) is 30.4 Å². The monoisotopic (exact) mass is 245 g/mol. The molecule has 0 aliphatic rings. The summed E-state index contributed by atoms with van der Waals surface area (Å²) in [4.78, 5) is 13.8. The average Bonchev–Trinajstić information content (AvgIpc) is 2.39. The normalized spacial score (nSPS) is 10.1. The molecule has 0 bridgehead atoms. The molecule has 1 aromatic rings. The van der Waals surface area contributed by atoms with Crippen molar-refractivity contribution in [1.82, 2.24) is 4.90 Å². The number of carbonyl (C=O) groups excluding carboxylic acids is 1. The van der Waals surface area contributed by atoms with E-state index in [9.17, 15) is 4.79 Å². The first-order valence-corrected chi connectivity index (χ1v) is 5.83. The summed E-state index contributed by atoms with van der Waals surface area (Å²) in [6.45, 7) is 9.63. The molecule has 0 spiro atoms. The molecule has 0 N–H and O–H groups in total. The van der Waals surface area contributed by atoms with Crippen LogP contribution in [0.1, 0.15) is 15.9 Å². The smallest absolute Gasteiger partial charge is 0.338 e. The van der Waals surface area contributed by atoms with Crippen LogP contribution in [0.15, 0.2) is 49.6 Å². The van der Waals surface area contributed by atoms with Gasteiger partial charge in [0.25, 0.3) is 0 Å². The van der Waals surface area contributed by atoms with Crippen molar-refractivity contribution in [3.8, 4) is 0 Å². The maximum Gasteiger partial charge on any atom is 0.338 e. The lowest BCUT2D eigenvalue weighted by Crippen LogP contribution is -2.24. The number of carbonyl (C=O) groups is 1. The minimum absolute atomic E-state index is 0.303. The average molecular weight is 245 g/mol. The molecule has 0 unspecified atom stereocenters. The van der Waals surface area contributed by atoms with Gasteiger partial charge in [0.2, 0.25) is 0 Å². The Morgan fingerprint density at radius 1 is 1.28 bits per heavy atom. The second-order valence-corrected chi connectivity index (χ2v) is 3.92. The topological polar surface area (TPSA) is 29.5 Å². The van der Waals surface area contributed by atoms with Crippen molar-refractivity contribution < 1.29 is 9.53 Å². The third-order valence-corrected chi connectivity index (χ3v) is 2.59. The number of nitrogens with zero attached hydrogens (tertiary/aromatic N) is 1. The molecule has 0 amide bonds. The number of hydrogen-bond acceptors (Lipinski definition) is 3. The van der Waals surface area contributed by atoms with Crippen molar-refractivity contribution in [3.05, 3.63) is 60.7 Å². The molecular formula is C15H19NO2. The fraction of sp³-hybridized carbons (Fsp3) is 0.267. The van der Waals surface area contributed by atoms with E-state index in [1.54, 1.807) is 6.07 Å². The first-order chi connectivity index (χ1) is 8.72. The van der Waals surface area contributed by atoms with Crippen LogP contribution in [0, 0.1) is 0 Å². The summed E-state index contributed by atoms with van der Waals surface area (Å²) in [5.41, 5.74) is 1.56. The summed E-state index contributed by atoms with van der Waals surface area (Å²) < 4.78 is 4.78. The molecule has 0 aliphatic carbocycles. The second-order valence-electron chi connectivity index (χ2n) is 3.92. The van der Waals surface area contributed by atoms with Gasteiger partial charge in [-0.25, -0.2) is 4.79 Å². The van der Waals surface area contributed by atoms with E-state index in [1.807, 2.05) is 30.4 Å². The Morgan fingerprint density at radius 3 is 2.44 bits per heavy atom. The van der Waals surface area contributed by atoms with Crippen molar-refractivity contribution in [2.24, 2.45) is 0 Å². The van der Waals surface area contributed by atoms with Gasteiger partial charge in [-0.15, -0.1) is 13.2 Å². The molecule has 0 aliphatic heterocycles. The number of methoxy groups -OCH3 is 1. The molecule has 1 aromatic carbocycles. The molecular weight excluding hydrogens is 226 g/mol. The maximum absolute atomic E-state index is 11.7. The summed E-state index contributed by atoms with van der Waals surface area (Å²) in [6.07, 6.45) is 3.68. The van der Waals surface area contributed by atoms with E-state index in [-0.39, 0.29) is 5.97 Å². The van der Waals surface area contributed by atoms with Crippen LogP contribution in [0.4, 0.5) is 0 Å². The zero-order valence-electron chi connectivity index (χ0n) is 10.8. The molecule has 0 saturated carbocycles. The molecule has 3 heteroatoms. The van der Waals surface area contributed by atoms with Gasteiger partial charge in [-0.05, 0) is 11.6 Å². The SMILES string of the molecule is C=CCN(CC=C)Cc1ccccc1C(=O)OC. The van der Waals surface area contributed by atoms with E-state index in [2.05, 4.69) is 18.1 Å². The Morgan fingerprint density at radius 2 is 1.89 bits per heavy atom. The van der Waals surface area contributed by atoms with Gasteiger partial charge in [-0.3, -0.25) is 4.90 Å². The highest BCUT2D eigenvalue weighted by atomic mass is 16.5. The van der Waals surface area contributed by atoms with Crippen molar-refractivity contribution in [2.45, 2.75) is 6.54 Å². The van der Waals surface area contributed by atoms with Gasteiger partial charge in [0.05, 0.1) is 12.7 Å². The fourth-order valence-corrected chi connectivity index (χ4v) is 1.78. The summed E-state index contributed by atoms with van der Waals surface area (Å²) in [6, 6.07) is 7.47. The quantitative estimate of drug-likeness (QED) is 0.546. The highest BCUT2D eigenvalue weighted by molar-refractivity contribution is 5.90. The highest BCUT2D eigenvalue weighted by Crippen LogP contribution is 2.13. The molecule has 0 saturated heterocycles. The van der Waals surface area contributed by atoms with Gasteiger partial charge in [0.1, 0.15) is 0 Å². The number of hydrogen-bond donors (Lipinski definition) is 0. The van der Waals surface area contributed by atoms with Gasteiger partial charge in [0, 0.05) is 19.6 Å². The minimum atomic E-state index is -0.303. The molecule has 96 valence electrons. The van der Waals surface area contributed by atoms with Gasteiger partial charge in [-0.2, -0.15) is 0 Å². The minimum Gasteiger partial charge on any atom is -0.465 e. The lowest BCUT2D eigenvalue weighted by atomic mass is 10.1. The van der Waals surface area contributed by atoms with E-state index < -0.39 is 0 Å². The van der Waals surface area contributed by atoms with Crippen LogP contribution in [0.2, 0.25) is 0 Å². The van der Waals surface area contributed by atoms with Crippen molar-refractivity contribution >= 4 is 5.97 Å². The van der Waals surface area contributed by atoms with E-state index in [4.69, 9.17) is 4.74 Å². The Kier molecular flexibility index (Phi) is 5.88. The van der Waals surface area contributed by atoms with Crippen molar-refractivity contribution in [3.63, 3.8) is 0 Å². The predicted molar refractivity (Wildman–Crippen MR) is 73.5 cm³/mol. The van der Waals surface area contributed by atoms with E-state index in [1.165, 1.54) is 7.11 Å². The molecule has 0 heterocycles. The molecule has 0 radical (unpaired) electrons. The Balaban J connectivity index is 2.90. The molecule has 0 aromatic heterocycles. The summed E-state index contributed by atoms with van der Waals surface area (Å²) >= 11 is 0. The van der Waals surface area contributed by atoms with Crippen LogP contribution in [-0.2, 0) is 11.3 Å². The highest BCUT2D eigenvalue weighted by Gasteiger charge is 2.12. The third-order valence-electron chi connectivity index (χ3n) is 2.59. The Hall–Kier alpha value is -1.87. The predicted octanol–water partition coefficient (Wildman–Crippen LogP) is 2.65. The van der Waals surface area contributed by atoms with Crippen LogP contribution in [-0.4, -0.2) is 31.1 Å². The standard InChI is InChI=1S/C15H19NO2/c1-4-10-16(11-5-2)12-13-8-6-7-9-14(13)15(17)18-3/h4-9H,1-2,10-12H2,3H3. The number of benzene rings is 1. The second kappa shape index (κ2) is 7.45. The summed E-state index contributed by atoms with van der Waals surface area (Å²) in [5, 5.41) is 0. The maximum atomic E-state index is 11.7. The van der Waals surface area contributed by atoms with Crippen LogP contribution in [0.3, 0.4) is 0 Å². The van der Waals surface area contributed by atoms with Crippen molar-refractivity contribution in [2.75, 3.05) is 20.2 Å². The lowest BCUT2D eigenvalue weighted by Gasteiger charge is -2.20. The molecule has 0 fully saturated rings. The van der Waals surface area contributed by atoms with Crippen LogP contribution >= 0.6 is 0 Å². The Labute approximate surface area is 108 Å². The number of ether oxygens (including phenoxy) is 1. The van der Waals surface area contributed by atoms with E-state index in [0.29, 0.717) is 12.1 Å². The largest absolute Gasteiger partial charge is 0.465 e. The van der Waals surface area contributed by atoms with Gasteiger partial charge >= 0.3 is 5.97 Å². The fourth-order valence-electron chi connectivity index (χ4n) is 1.78. The summed E-state index contributed by atoms with van der Waals surface area (Å²) in [7, 11) is 1.39. The zero-order valence-corrected chi connectivity index (χ0v) is 10.8. The molecule has 0 atom stereocenters. The zero-order chi connectivity index (χ0) is 13.4. The Bertz CT molecular complexity index is 416. The van der Waals surface area contributed by atoms with Crippen LogP contribution in [0.25, 0.3) is 0 Å². The molecule has 3 nitrogen and oxygen atoms in total. The van der Waals surface area contributed by atoms with Gasteiger partial charge in [0.15, 0.2) is 0 Å². The summed E-state index contributed by atoms with van der Waals surface area (Å²) in [5.74, 6) is -0.303. The number of esters is 1. The lowest BCUT2D eigenvalue weighted by molar-refractivity contribution is 0.0598. The van der Waals surface area contributed by atoms with Crippen molar-refractivity contribution in [1.29, 1.82) is 0 Å². The third kappa shape index (κ3) is 3.86.